The van der Waals surface area contributed by atoms with Gasteiger partial charge < -0.3 is 31.3 Å². The van der Waals surface area contributed by atoms with Crippen LogP contribution < -0.4 is 21.7 Å². The van der Waals surface area contributed by atoms with E-state index in [1.54, 1.807) is 41.5 Å². The monoisotopic (exact) mass is 537 g/mol. The number of Topliss-reactive ketones (excluding diaryl/α,β-unsaturated/α-hetero) is 1. The van der Waals surface area contributed by atoms with Gasteiger partial charge in [-0.2, -0.15) is 0 Å². The highest BCUT2D eigenvalue weighted by atomic mass is 16.6. The fraction of sp³-hybridized carbons (Fsp3) is 0.769. The molecule has 0 bridgehead atoms. The van der Waals surface area contributed by atoms with Gasteiger partial charge in [0.1, 0.15) is 24.2 Å². The van der Waals surface area contributed by atoms with E-state index < -0.39 is 64.6 Å². The third-order valence-electron chi connectivity index (χ3n) is 6.71. The number of ether oxygens (including phenoxy) is 1. The van der Waals surface area contributed by atoms with Crippen LogP contribution in [0, 0.1) is 11.3 Å². The summed E-state index contributed by atoms with van der Waals surface area (Å²) in [5.74, 6) is -3.33. The van der Waals surface area contributed by atoms with Gasteiger partial charge in [0.2, 0.25) is 17.6 Å². The number of nitrogens with zero attached hydrogens (tertiary/aromatic N) is 1. The predicted octanol–water partition coefficient (Wildman–Crippen LogP) is 0.762. The minimum absolute atomic E-state index is 0.235. The summed E-state index contributed by atoms with van der Waals surface area (Å²) in [5, 5.41) is 7.70. The summed E-state index contributed by atoms with van der Waals surface area (Å²) in [4.78, 5) is 76.6. The normalized spacial score (nSPS) is 19.5. The molecule has 1 saturated carbocycles. The number of urea groups is 1. The van der Waals surface area contributed by atoms with Crippen LogP contribution in [0.2, 0.25) is 0 Å². The number of rotatable bonds is 10. The molecule has 12 heteroatoms. The van der Waals surface area contributed by atoms with Crippen molar-refractivity contribution in [1.82, 2.24) is 20.9 Å². The van der Waals surface area contributed by atoms with Gasteiger partial charge in [-0.15, -0.1) is 0 Å². The molecule has 1 heterocycles. The van der Waals surface area contributed by atoms with E-state index in [9.17, 15) is 28.8 Å². The summed E-state index contributed by atoms with van der Waals surface area (Å²) in [6.07, 6.45) is 4.14. The van der Waals surface area contributed by atoms with Gasteiger partial charge in [0, 0.05) is 6.54 Å². The first-order chi connectivity index (χ1) is 17.5. The lowest BCUT2D eigenvalue weighted by molar-refractivity contribution is -0.153. The Labute approximate surface area is 224 Å². The van der Waals surface area contributed by atoms with E-state index in [1.807, 2.05) is 0 Å². The van der Waals surface area contributed by atoms with Crippen LogP contribution in [0.3, 0.4) is 0 Å². The first-order valence-corrected chi connectivity index (χ1v) is 13.2. The molecule has 5 N–H and O–H groups in total. The molecule has 0 radical (unpaired) electrons. The zero-order valence-electron chi connectivity index (χ0n) is 23.3. The number of likely N-dealkylation sites (tertiary alicyclic amines) is 1. The number of hydrogen-bond donors (Lipinski definition) is 4. The zero-order chi connectivity index (χ0) is 28.8. The lowest BCUT2D eigenvalue weighted by atomic mass is 9.80. The number of esters is 1. The molecule has 0 spiro atoms. The highest BCUT2D eigenvalue weighted by molar-refractivity contribution is 6.37. The van der Waals surface area contributed by atoms with E-state index in [1.165, 1.54) is 4.90 Å². The van der Waals surface area contributed by atoms with Gasteiger partial charge in [0.15, 0.2) is 0 Å². The number of nitrogens with two attached hydrogens (primary N) is 1. The highest BCUT2D eigenvalue weighted by Gasteiger charge is 2.43. The molecule has 1 aliphatic heterocycles. The van der Waals surface area contributed by atoms with Crippen LogP contribution >= 0.6 is 0 Å². The van der Waals surface area contributed by atoms with Gasteiger partial charge in [-0.3, -0.25) is 24.0 Å². The average Bonchev–Trinajstić information content (AvgIpc) is 3.24. The van der Waals surface area contributed by atoms with Crippen molar-refractivity contribution in [2.45, 2.75) is 104 Å². The lowest BCUT2D eigenvalue weighted by Gasteiger charge is -2.36. The van der Waals surface area contributed by atoms with Crippen LogP contribution in [-0.4, -0.2) is 77.2 Å². The van der Waals surface area contributed by atoms with Crippen LogP contribution in [0.25, 0.3) is 0 Å². The summed E-state index contributed by atoms with van der Waals surface area (Å²) in [5.41, 5.74) is 3.78. The van der Waals surface area contributed by atoms with Gasteiger partial charge in [-0.05, 0) is 51.4 Å². The molecule has 3 unspecified atom stereocenters. The van der Waals surface area contributed by atoms with E-state index >= 15 is 0 Å². The number of amides is 5. The first-order valence-electron chi connectivity index (χ1n) is 13.2. The lowest BCUT2D eigenvalue weighted by Crippen LogP contribution is -2.60. The van der Waals surface area contributed by atoms with Crippen molar-refractivity contribution in [3.05, 3.63) is 0 Å². The molecule has 1 aliphatic carbocycles. The largest absolute Gasteiger partial charge is 0.459 e. The van der Waals surface area contributed by atoms with E-state index in [4.69, 9.17) is 10.5 Å². The molecule has 0 aromatic heterocycles. The molecule has 214 valence electrons. The molecule has 0 aromatic rings. The van der Waals surface area contributed by atoms with Crippen molar-refractivity contribution in [2.75, 3.05) is 13.1 Å². The third kappa shape index (κ3) is 8.98. The molecule has 12 nitrogen and oxygen atoms in total. The van der Waals surface area contributed by atoms with Gasteiger partial charge in [-0.1, -0.05) is 40.0 Å². The van der Waals surface area contributed by atoms with Crippen LogP contribution in [0.4, 0.5) is 4.79 Å². The second-order valence-corrected chi connectivity index (χ2v) is 12.2. The third-order valence-corrected chi connectivity index (χ3v) is 6.71. The Morgan fingerprint density at radius 3 is 2.08 bits per heavy atom. The van der Waals surface area contributed by atoms with Crippen LogP contribution in [0.5, 0.6) is 0 Å². The number of hydrogen-bond acceptors (Lipinski definition) is 7. The summed E-state index contributed by atoms with van der Waals surface area (Å²) in [7, 11) is 0. The van der Waals surface area contributed by atoms with Crippen molar-refractivity contribution >= 4 is 35.5 Å². The van der Waals surface area contributed by atoms with E-state index in [-0.39, 0.29) is 12.5 Å². The van der Waals surface area contributed by atoms with Gasteiger partial charge >= 0.3 is 12.0 Å². The Bertz CT molecular complexity index is 933. The summed E-state index contributed by atoms with van der Waals surface area (Å²) in [6.45, 7) is 10.4. The average molecular weight is 538 g/mol. The molecule has 2 rings (SSSR count). The number of primary amides is 1. The van der Waals surface area contributed by atoms with Crippen LogP contribution in [0.1, 0.15) is 80.1 Å². The summed E-state index contributed by atoms with van der Waals surface area (Å²) in [6, 6.07) is -3.62. The molecule has 2 aliphatic rings. The first kappa shape index (κ1) is 31.0. The van der Waals surface area contributed by atoms with Crippen molar-refractivity contribution in [1.29, 1.82) is 0 Å². The van der Waals surface area contributed by atoms with E-state index in [0.717, 1.165) is 19.3 Å². The molecule has 2 fully saturated rings. The second kappa shape index (κ2) is 12.6. The quantitative estimate of drug-likeness (QED) is 0.235. The fourth-order valence-electron chi connectivity index (χ4n) is 4.56. The van der Waals surface area contributed by atoms with Crippen molar-refractivity contribution in [3.63, 3.8) is 0 Å². The number of carbonyl (C=O) groups is 6. The molecule has 5 amide bonds. The topological polar surface area (TPSA) is 177 Å². The van der Waals surface area contributed by atoms with E-state index in [0.29, 0.717) is 25.8 Å². The summed E-state index contributed by atoms with van der Waals surface area (Å²) < 4.78 is 5.17. The Balaban J connectivity index is 2.08. The van der Waals surface area contributed by atoms with Crippen molar-refractivity contribution in [2.24, 2.45) is 17.1 Å². The van der Waals surface area contributed by atoms with Crippen LogP contribution in [0.15, 0.2) is 0 Å². The molecular weight excluding hydrogens is 494 g/mol. The Hall–Kier alpha value is -3.18. The SMILES string of the molecule is CC(C)(C)OC(=O)CNC(=O)NC(C(=O)N1CCCC1C(=O)NC(CC1CCC1)C(=O)C(N)=O)C(C)(C)C. The Kier molecular flexibility index (Phi) is 10.3. The standard InChI is InChI=1S/C26H43N5O7/c1-25(2,3)20(30-24(37)28-14-18(32)38-26(4,5)6)23(36)31-12-8-11-17(31)22(35)29-16(19(33)21(27)34)13-15-9-7-10-15/h15-17,20H,7-14H2,1-6H3,(H2,27,34)(H,29,35)(H2,28,30,37). The minimum atomic E-state index is -1.11. The van der Waals surface area contributed by atoms with Gasteiger partial charge in [0.25, 0.3) is 5.91 Å². The van der Waals surface area contributed by atoms with Crippen molar-refractivity contribution < 1.29 is 33.5 Å². The molecule has 3 atom stereocenters. The maximum atomic E-state index is 13.6. The van der Waals surface area contributed by atoms with E-state index in [2.05, 4.69) is 16.0 Å². The van der Waals surface area contributed by atoms with Crippen molar-refractivity contribution in [3.8, 4) is 0 Å². The zero-order valence-corrected chi connectivity index (χ0v) is 23.3. The minimum Gasteiger partial charge on any atom is -0.459 e. The number of ketones is 1. The predicted molar refractivity (Wildman–Crippen MR) is 138 cm³/mol. The maximum absolute atomic E-state index is 13.6. The smallest absolute Gasteiger partial charge is 0.325 e. The molecule has 0 aromatic carbocycles. The fourth-order valence-corrected chi connectivity index (χ4v) is 4.56. The van der Waals surface area contributed by atoms with Gasteiger partial charge in [0.05, 0.1) is 6.04 Å². The van der Waals surface area contributed by atoms with Gasteiger partial charge in [-0.25, -0.2) is 4.79 Å². The number of nitrogens with one attached hydrogen (secondary N) is 3. The Morgan fingerprint density at radius 1 is 0.947 bits per heavy atom. The molecular formula is C26H43N5O7. The maximum Gasteiger partial charge on any atom is 0.325 e. The van der Waals surface area contributed by atoms with Crippen LogP contribution in [-0.2, 0) is 28.7 Å². The summed E-state index contributed by atoms with van der Waals surface area (Å²) >= 11 is 0. The number of carbonyl (C=O) groups excluding carboxylic acids is 6. The second-order valence-electron chi connectivity index (χ2n) is 12.2. The molecule has 38 heavy (non-hydrogen) atoms. The Morgan fingerprint density at radius 2 is 1.58 bits per heavy atom. The highest BCUT2D eigenvalue weighted by Crippen LogP contribution is 2.31. The molecule has 1 saturated heterocycles.